The lowest BCUT2D eigenvalue weighted by atomic mass is 9.96. The van der Waals surface area contributed by atoms with Gasteiger partial charge in [-0.15, -0.1) is 0 Å². The molecule has 0 spiro atoms. The van der Waals surface area contributed by atoms with Gasteiger partial charge in [-0.2, -0.15) is 0 Å². The molecule has 102 valence electrons. The van der Waals surface area contributed by atoms with Crippen molar-refractivity contribution in [3.63, 3.8) is 0 Å². The van der Waals surface area contributed by atoms with Crippen LogP contribution in [0.5, 0.6) is 0 Å². The van der Waals surface area contributed by atoms with Gasteiger partial charge >= 0.3 is 0 Å². The molecule has 1 unspecified atom stereocenters. The maximum Gasteiger partial charge on any atom is 0.0497 e. The highest BCUT2D eigenvalue weighted by Crippen LogP contribution is 2.39. The van der Waals surface area contributed by atoms with E-state index in [1.807, 2.05) is 0 Å². The zero-order valence-electron chi connectivity index (χ0n) is 11.9. The number of aryl methyl sites for hydroxylation is 3. The maximum absolute atomic E-state index is 3.86. The molecular formula is C16H21BrN2. The predicted molar refractivity (Wildman–Crippen MR) is 84.9 cm³/mol. The molecule has 1 fully saturated rings. The van der Waals surface area contributed by atoms with Gasteiger partial charge in [0.05, 0.1) is 0 Å². The number of hydrogen-bond donors (Lipinski definition) is 1. The van der Waals surface area contributed by atoms with Crippen molar-refractivity contribution < 1.29 is 0 Å². The van der Waals surface area contributed by atoms with Gasteiger partial charge in [-0.3, -0.25) is 0 Å². The molecule has 3 heteroatoms. The van der Waals surface area contributed by atoms with E-state index in [0.29, 0.717) is 5.92 Å². The van der Waals surface area contributed by atoms with Gasteiger partial charge in [0.25, 0.3) is 0 Å². The predicted octanol–water partition coefficient (Wildman–Crippen LogP) is 4.02. The first-order valence-electron chi connectivity index (χ1n) is 7.05. The molecule has 1 saturated heterocycles. The summed E-state index contributed by atoms with van der Waals surface area (Å²) in [6.45, 7) is 6.65. The van der Waals surface area contributed by atoms with Crippen LogP contribution in [0.15, 0.2) is 16.6 Å². The second kappa shape index (κ2) is 4.95. The second-order valence-electron chi connectivity index (χ2n) is 5.78. The van der Waals surface area contributed by atoms with E-state index < -0.39 is 0 Å². The topological polar surface area (TPSA) is 17.0 Å². The molecule has 1 aromatic heterocycles. The van der Waals surface area contributed by atoms with Gasteiger partial charge in [0.15, 0.2) is 0 Å². The van der Waals surface area contributed by atoms with Crippen molar-refractivity contribution in [3.8, 4) is 0 Å². The van der Waals surface area contributed by atoms with Gasteiger partial charge in [0, 0.05) is 40.6 Å². The van der Waals surface area contributed by atoms with Gasteiger partial charge in [-0.05, 0) is 66.4 Å². The summed E-state index contributed by atoms with van der Waals surface area (Å²) in [6.07, 6.45) is 2.56. The fraction of sp³-hybridized carbons (Fsp3) is 0.500. The molecular weight excluding hydrogens is 300 g/mol. The van der Waals surface area contributed by atoms with Crippen molar-refractivity contribution in [2.24, 2.45) is 7.05 Å². The highest BCUT2D eigenvalue weighted by molar-refractivity contribution is 9.10. The van der Waals surface area contributed by atoms with Gasteiger partial charge in [-0.1, -0.05) is 6.07 Å². The number of benzene rings is 1. The van der Waals surface area contributed by atoms with Crippen LogP contribution in [-0.2, 0) is 7.05 Å². The van der Waals surface area contributed by atoms with E-state index in [2.05, 4.69) is 58.8 Å². The maximum atomic E-state index is 3.86. The summed E-state index contributed by atoms with van der Waals surface area (Å²) >= 11 is 3.86. The number of piperidine rings is 1. The van der Waals surface area contributed by atoms with E-state index >= 15 is 0 Å². The molecule has 2 aromatic rings. The van der Waals surface area contributed by atoms with Crippen molar-refractivity contribution in [2.45, 2.75) is 32.6 Å². The standard InChI is InChI=1S/C16H21BrN2/c1-10-7-11(2)14-13(8-10)19(3)16(15(14)17)12-5-4-6-18-9-12/h7-8,12,18H,4-6,9H2,1-3H3. The highest BCUT2D eigenvalue weighted by Gasteiger charge is 2.24. The largest absolute Gasteiger partial charge is 0.346 e. The average Bonchev–Trinajstić information content (AvgIpc) is 2.62. The Hall–Kier alpha value is -0.800. The molecule has 1 aromatic carbocycles. The number of fused-ring (bicyclic) bond motifs is 1. The first-order valence-corrected chi connectivity index (χ1v) is 7.84. The molecule has 2 heterocycles. The molecule has 2 nitrogen and oxygen atoms in total. The lowest BCUT2D eigenvalue weighted by Crippen LogP contribution is -2.29. The summed E-state index contributed by atoms with van der Waals surface area (Å²) in [5, 5.41) is 4.91. The minimum Gasteiger partial charge on any atom is -0.346 e. The number of nitrogens with zero attached hydrogens (tertiary/aromatic N) is 1. The Balaban J connectivity index is 2.22. The number of rotatable bonds is 1. The van der Waals surface area contributed by atoms with Crippen LogP contribution in [0.2, 0.25) is 0 Å². The Morgan fingerprint density at radius 2 is 2.11 bits per heavy atom. The molecule has 0 saturated carbocycles. The summed E-state index contributed by atoms with van der Waals surface area (Å²) in [5.41, 5.74) is 5.51. The molecule has 1 atom stereocenters. The number of nitrogens with one attached hydrogen (secondary N) is 1. The Bertz CT molecular complexity index is 621. The third kappa shape index (κ3) is 2.13. The van der Waals surface area contributed by atoms with Crippen LogP contribution >= 0.6 is 15.9 Å². The van der Waals surface area contributed by atoms with Gasteiger partial charge < -0.3 is 9.88 Å². The summed E-state index contributed by atoms with van der Waals surface area (Å²) in [4.78, 5) is 0. The van der Waals surface area contributed by atoms with Crippen molar-refractivity contribution in [1.82, 2.24) is 9.88 Å². The third-order valence-corrected chi connectivity index (χ3v) is 5.11. The van der Waals surface area contributed by atoms with Crippen molar-refractivity contribution in [2.75, 3.05) is 13.1 Å². The van der Waals surface area contributed by atoms with E-state index in [9.17, 15) is 0 Å². The molecule has 0 amide bonds. The van der Waals surface area contributed by atoms with Gasteiger partial charge in [-0.25, -0.2) is 0 Å². The third-order valence-electron chi connectivity index (χ3n) is 4.31. The quantitative estimate of drug-likeness (QED) is 0.839. The normalized spacial score (nSPS) is 20.1. The fourth-order valence-corrected chi connectivity index (χ4v) is 4.54. The highest BCUT2D eigenvalue weighted by atomic mass is 79.9. The smallest absolute Gasteiger partial charge is 0.0497 e. The van der Waals surface area contributed by atoms with Crippen LogP contribution in [0.3, 0.4) is 0 Å². The fourth-order valence-electron chi connectivity index (χ4n) is 3.44. The van der Waals surface area contributed by atoms with Crippen molar-refractivity contribution >= 4 is 26.8 Å². The molecule has 0 aliphatic carbocycles. The molecule has 0 bridgehead atoms. The molecule has 1 aliphatic rings. The second-order valence-corrected chi connectivity index (χ2v) is 6.57. The lowest BCUT2D eigenvalue weighted by Gasteiger charge is -2.24. The summed E-state index contributed by atoms with van der Waals surface area (Å²) in [7, 11) is 2.20. The van der Waals surface area contributed by atoms with Crippen molar-refractivity contribution in [3.05, 3.63) is 33.4 Å². The van der Waals surface area contributed by atoms with E-state index in [1.165, 1.54) is 45.0 Å². The Kier molecular flexibility index (Phi) is 3.44. The first kappa shape index (κ1) is 13.2. The van der Waals surface area contributed by atoms with E-state index in [1.54, 1.807) is 0 Å². The average molecular weight is 321 g/mol. The molecule has 1 aliphatic heterocycles. The lowest BCUT2D eigenvalue weighted by molar-refractivity contribution is 0.447. The molecule has 3 rings (SSSR count). The monoisotopic (exact) mass is 320 g/mol. The van der Waals surface area contributed by atoms with Gasteiger partial charge in [0.2, 0.25) is 0 Å². The zero-order valence-corrected chi connectivity index (χ0v) is 13.5. The van der Waals surface area contributed by atoms with Crippen LogP contribution in [0.4, 0.5) is 0 Å². The number of hydrogen-bond acceptors (Lipinski definition) is 1. The molecule has 1 N–H and O–H groups in total. The van der Waals surface area contributed by atoms with Crippen LogP contribution in [0, 0.1) is 13.8 Å². The van der Waals surface area contributed by atoms with Crippen LogP contribution < -0.4 is 5.32 Å². The van der Waals surface area contributed by atoms with E-state index in [4.69, 9.17) is 0 Å². The van der Waals surface area contributed by atoms with Gasteiger partial charge in [0.1, 0.15) is 0 Å². The van der Waals surface area contributed by atoms with Crippen LogP contribution in [0.1, 0.15) is 35.6 Å². The molecule has 19 heavy (non-hydrogen) atoms. The Morgan fingerprint density at radius 3 is 2.79 bits per heavy atom. The minimum absolute atomic E-state index is 0.625. The summed E-state index contributed by atoms with van der Waals surface area (Å²) in [5.74, 6) is 0.625. The SMILES string of the molecule is Cc1cc(C)c2c(Br)c(C3CCCNC3)n(C)c2c1. The summed E-state index contributed by atoms with van der Waals surface area (Å²) < 4.78 is 3.69. The van der Waals surface area contributed by atoms with E-state index in [-0.39, 0.29) is 0 Å². The van der Waals surface area contributed by atoms with Crippen LogP contribution in [0.25, 0.3) is 10.9 Å². The Labute approximate surface area is 123 Å². The van der Waals surface area contributed by atoms with Crippen LogP contribution in [-0.4, -0.2) is 17.7 Å². The van der Waals surface area contributed by atoms with E-state index in [0.717, 1.165) is 13.1 Å². The minimum atomic E-state index is 0.625. The first-order chi connectivity index (χ1) is 9.09. The number of aromatic nitrogens is 1. The van der Waals surface area contributed by atoms with Crippen molar-refractivity contribution in [1.29, 1.82) is 0 Å². The molecule has 0 radical (unpaired) electrons. The summed E-state index contributed by atoms with van der Waals surface area (Å²) in [6, 6.07) is 4.57. The number of halogens is 1. The zero-order chi connectivity index (χ0) is 13.6. The Morgan fingerprint density at radius 1 is 1.32 bits per heavy atom.